The van der Waals surface area contributed by atoms with Gasteiger partial charge in [0.15, 0.2) is 3.79 Å². The molecule has 0 radical (unpaired) electrons. The summed E-state index contributed by atoms with van der Waals surface area (Å²) >= 11 is 23.3. The number of carbonyl (C=O) groups is 1. The molecule has 0 saturated carbocycles. The lowest BCUT2D eigenvalue weighted by Gasteiger charge is -2.19. The Morgan fingerprint density at radius 1 is 1.37 bits per heavy atom. The first-order chi connectivity index (χ1) is 8.71. The molecule has 0 aromatic heterocycles. The highest BCUT2D eigenvalue weighted by Crippen LogP contribution is 2.36. The Morgan fingerprint density at radius 2 is 2.00 bits per heavy atom. The fourth-order valence-electron chi connectivity index (χ4n) is 1.54. The lowest BCUT2D eigenvalue weighted by molar-refractivity contribution is -0.122. The van der Waals surface area contributed by atoms with Crippen LogP contribution in [-0.4, -0.2) is 9.70 Å². The molecule has 0 heterocycles. The lowest BCUT2D eigenvalue weighted by Crippen LogP contribution is -2.28. The average Bonchev–Trinajstić information content (AvgIpc) is 2.27. The minimum absolute atomic E-state index is 0.153. The molecule has 1 atom stereocenters. The fraction of sp³-hybridized carbons (Fsp3) is 0.462. The molecule has 0 aliphatic rings. The molecular formula is C13H15Cl4NO. The highest BCUT2D eigenvalue weighted by Gasteiger charge is 2.30. The third kappa shape index (κ3) is 5.39. The van der Waals surface area contributed by atoms with Gasteiger partial charge in [-0.15, -0.1) is 0 Å². The van der Waals surface area contributed by atoms with Crippen molar-refractivity contribution < 1.29 is 4.79 Å². The Morgan fingerprint density at radius 3 is 2.53 bits per heavy atom. The summed E-state index contributed by atoms with van der Waals surface area (Å²) in [4.78, 5) is 11.8. The van der Waals surface area contributed by atoms with Gasteiger partial charge in [0.1, 0.15) is 0 Å². The number of rotatable bonds is 4. The van der Waals surface area contributed by atoms with Gasteiger partial charge >= 0.3 is 0 Å². The van der Waals surface area contributed by atoms with Crippen LogP contribution in [0.2, 0.25) is 5.02 Å². The average molecular weight is 343 g/mol. The summed E-state index contributed by atoms with van der Waals surface area (Å²) in [5, 5.41) is 3.42. The molecule has 19 heavy (non-hydrogen) atoms. The smallest absolute Gasteiger partial charge is 0.220 e. The van der Waals surface area contributed by atoms with E-state index in [0.717, 1.165) is 11.1 Å². The quantitative estimate of drug-likeness (QED) is 0.792. The minimum Gasteiger partial charge on any atom is -0.352 e. The van der Waals surface area contributed by atoms with E-state index in [1.165, 1.54) is 0 Å². The molecule has 1 aromatic rings. The van der Waals surface area contributed by atoms with Crippen LogP contribution in [0.4, 0.5) is 0 Å². The van der Waals surface area contributed by atoms with E-state index in [1.54, 1.807) is 13.0 Å². The number of aryl methyl sites for hydroxylation is 1. The predicted molar refractivity (Wildman–Crippen MR) is 82.1 cm³/mol. The first kappa shape index (κ1) is 16.9. The largest absolute Gasteiger partial charge is 0.352 e. The molecule has 0 spiro atoms. The van der Waals surface area contributed by atoms with E-state index in [4.69, 9.17) is 46.4 Å². The van der Waals surface area contributed by atoms with Gasteiger partial charge in [0.25, 0.3) is 0 Å². The van der Waals surface area contributed by atoms with Crippen LogP contribution in [0.5, 0.6) is 0 Å². The lowest BCUT2D eigenvalue weighted by atomic mass is 10.1. The van der Waals surface area contributed by atoms with Crippen LogP contribution >= 0.6 is 46.4 Å². The van der Waals surface area contributed by atoms with Gasteiger partial charge in [-0.05, 0) is 24.1 Å². The van der Waals surface area contributed by atoms with E-state index >= 15 is 0 Å². The number of amides is 1. The highest BCUT2D eigenvalue weighted by molar-refractivity contribution is 6.67. The highest BCUT2D eigenvalue weighted by atomic mass is 35.6. The number of alkyl halides is 3. The maximum absolute atomic E-state index is 11.8. The van der Waals surface area contributed by atoms with Crippen molar-refractivity contribution in [1.82, 2.24) is 5.32 Å². The summed E-state index contributed by atoms with van der Waals surface area (Å²) in [6.07, 6.45) is 0.153. The summed E-state index contributed by atoms with van der Waals surface area (Å²) in [5.41, 5.74) is 1.93. The number of halogens is 4. The van der Waals surface area contributed by atoms with Crippen LogP contribution in [-0.2, 0) is 11.3 Å². The second-order valence-electron chi connectivity index (χ2n) is 4.46. The van der Waals surface area contributed by atoms with Crippen LogP contribution in [0.25, 0.3) is 0 Å². The van der Waals surface area contributed by atoms with Crippen molar-refractivity contribution in [3.63, 3.8) is 0 Å². The molecule has 0 fully saturated rings. The Hall–Kier alpha value is -0.150. The number of hydrogen-bond acceptors (Lipinski definition) is 1. The molecular weight excluding hydrogens is 328 g/mol. The summed E-state index contributed by atoms with van der Waals surface area (Å²) < 4.78 is -1.43. The van der Waals surface area contributed by atoms with Gasteiger partial charge in [-0.2, -0.15) is 0 Å². The van der Waals surface area contributed by atoms with E-state index in [0.29, 0.717) is 11.6 Å². The Balaban J connectivity index is 2.56. The summed E-state index contributed by atoms with van der Waals surface area (Å²) in [6.45, 7) is 4.03. The van der Waals surface area contributed by atoms with Crippen molar-refractivity contribution in [1.29, 1.82) is 0 Å². The molecule has 1 amide bonds. The summed E-state index contributed by atoms with van der Waals surface area (Å²) in [7, 11) is 0. The van der Waals surface area contributed by atoms with Crippen LogP contribution in [0, 0.1) is 12.8 Å². The minimum atomic E-state index is -1.43. The SMILES string of the molecule is Cc1cccc(Cl)c1CNC(=O)C[C@H](C)C(Cl)(Cl)Cl. The topological polar surface area (TPSA) is 29.1 Å². The molecule has 0 aliphatic heterocycles. The Bertz CT molecular complexity index is 436. The molecule has 2 nitrogen and oxygen atoms in total. The van der Waals surface area contributed by atoms with Crippen molar-refractivity contribution in [2.24, 2.45) is 5.92 Å². The van der Waals surface area contributed by atoms with E-state index in [9.17, 15) is 4.79 Å². The monoisotopic (exact) mass is 341 g/mol. The van der Waals surface area contributed by atoms with Crippen LogP contribution in [0.1, 0.15) is 24.5 Å². The molecule has 0 aliphatic carbocycles. The first-order valence-corrected chi connectivity index (χ1v) is 7.30. The van der Waals surface area contributed by atoms with Crippen molar-refractivity contribution in [2.45, 2.75) is 30.6 Å². The third-order valence-corrected chi connectivity index (χ3v) is 4.34. The Kier molecular flexibility index (Phi) is 6.25. The number of hydrogen-bond donors (Lipinski definition) is 1. The summed E-state index contributed by atoms with van der Waals surface area (Å²) in [5.74, 6) is -0.525. The molecule has 6 heteroatoms. The number of benzene rings is 1. The fourth-order valence-corrected chi connectivity index (χ4v) is 2.06. The van der Waals surface area contributed by atoms with Crippen molar-refractivity contribution >= 4 is 52.3 Å². The maximum atomic E-state index is 11.8. The van der Waals surface area contributed by atoms with E-state index in [2.05, 4.69) is 5.32 Å². The van der Waals surface area contributed by atoms with Crippen LogP contribution in [0.3, 0.4) is 0 Å². The summed E-state index contributed by atoms with van der Waals surface area (Å²) in [6, 6.07) is 5.60. The maximum Gasteiger partial charge on any atom is 0.220 e. The van der Waals surface area contributed by atoms with Crippen molar-refractivity contribution in [3.05, 3.63) is 34.3 Å². The number of carbonyl (C=O) groups excluding carboxylic acids is 1. The van der Waals surface area contributed by atoms with E-state index < -0.39 is 3.79 Å². The predicted octanol–water partition coefficient (Wildman–Crippen LogP) is 4.66. The second-order valence-corrected chi connectivity index (χ2v) is 7.23. The van der Waals surface area contributed by atoms with Crippen molar-refractivity contribution in [2.75, 3.05) is 0 Å². The normalized spacial score (nSPS) is 13.2. The molecule has 0 bridgehead atoms. The van der Waals surface area contributed by atoms with Gasteiger partial charge < -0.3 is 5.32 Å². The second kappa shape index (κ2) is 7.03. The zero-order valence-corrected chi connectivity index (χ0v) is 13.7. The van der Waals surface area contributed by atoms with Crippen LogP contribution in [0.15, 0.2) is 18.2 Å². The molecule has 1 N–H and O–H groups in total. The zero-order chi connectivity index (χ0) is 14.6. The molecule has 0 saturated heterocycles. The van der Waals surface area contributed by atoms with E-state index in [1.807, 2.05) is 19.1 Å². The van der Waals surface area contributed by atoms with Gasteiger partial charge in [0, 0.05) is 23.9 Å². The Labute approximate surface area is 133 Å². The number of nitrogens with one attached hydrogen (secondary N) is 1. The van der Waals surface area contributed by atoms with Gasteiger partial charge in [-0.3, -0.25) is 4.79 Å². The molecule has 106 valence electrons. The molecule has 1 rings (SSSR count). The van der Waals surface area contributed by atoms with E-state index in [-0.39, 0.29) is 18.2 Å². The molecule has 0 unspecified atom stereocenters. The third-order valence-electron chi connectivity index (χ3n) is 2.87. The van der Waals surface area contributed by atoms with Crippen LogP contribution < -0.4 is 5.32 Å². The van der Waals surface area contributed by atoms with Gasteiger partial charge in [-0.25, -0.2) is 0 Å². The zero-order valence-electron chi connectivity index (χ0n) is 10.6. The van der Waals surface area contributed by atoms with Gasteiger partial charge in [-0.1, -0.05) is 65.5 Å². The first-order valence-electron chi connectivity index (χ1n) is 5.79. The standard InChI is InChI=1S/C13H15Cl4NO/c1-8-4-3-5-11(14)10(8)7-18-12(19)6-9(2)13(15,16)17/h3-5,9H,6-7H2,1-2H3,(H,18,19)/t9-/m0/s1. The van der Waals surface area contributed by atoms with Crippen molar-refractivity contribution in [3.8, 4) is 0 Å². The molecule has 1 aromatic carbocycles. The van der Waals surface area contributed by atoms with Gasteiger partial charge in [0.2, 0.25) is 5.91 Å². The van der Waals surface area contributed by atoms with Gasteiger partial charge in [0.05, 0.1) is 0 Å².